The number of carbonyl (C=O) groups is 2. The number of amides is 1. The van der Waals surface area contributed by atoms with Crippen molar-refractivity contribution >= 4 is 11.9 Å². The zero-order valence-corrected chi connectivity index (χ0v) is 13.4. The molecule has 4 aliphatic heterocycles. The Kier molecular flexibility index (Phi) is 3.69. The quantitative estimate of drug-likeness (QED) is 0.556. The molecule has 4 rings (SSSR count). The molecule has 1 amide bonds. The molecule has 0 aromatic heterocycles. The molecule has 5 atom stereocenters. The van der Waals surface area contributed by atoms with E-state index in [0.29, 0.717) is 19.7 Å². The molecule has 0 aromatic rings. The van der Waals surface area contributed by atoms with Gasteiger partial charge in [0.15, 0.2) is 0 Å². The molecular weight excluding hydrogens is 298 g/mol. The molecule has 4 aliphatic rings. The summed E-state index contributed by atoms with van der Waals surface area (Å²) in [5.74, 6) is -1.25. The Labute approximate surface area is 135 Å². The van der Waals surface area contributed by atoms with E-state index < -0.39 is 17.4 Å². The first kappa shape index (κ1) is 15.1. The monoisotopic (exact) mass is 321 g/mol. The van der Waals surface area contributed by atoms with Gasteiger partial charge in [0.05, 0.1) is 31.3 Å². The van der Waals surface area contributed by atoms with Crippen LogP contribution in [0, 0.1) is 11.8 Å². The van der Waals surface area contributed by atoms with Crippen LogP contribution in [-0.4, -0.2) is 60.9 Å². The largest absolute Gasteiger partial charge is 0.465 e. The molecule has 6 heteroatoms. The first-order chi connectivity index (χ1) is 11.1. The fraction of sp³-hybridized carbons (Fsp3) is 0.765. The van der Waals surface area contributed by atoms with Crippen molar-refractivity contribution in [1.29, 1.82) is 0 Å². The van der Waals surface area contributed by atoms with E-state index in [2.05, 4.69) is 0 Å². The van der Waals surface area contributed by atoms with Crippen molar-refractivity contribution in [2.24, 2.45) is 11.8 Å². The number of hydrogen-bond donors (Lipinski definition) is 0. The molecule has 1 spiro atoms. The standard InChI is InChI=1S/C17H23NO5/c1-2-7-22-16(20)13-12-5-6-17(23-12)10-18(15(19)14(13)17)9-11-4-3-8-21-11/h5-6,11-14H,2-4,7-10H2,1H3/t11?,12?,13?,14?,17-/m1/s1. The van der Waals surface area contributed by atoms with Gasteiger partial charge in [-0.05, 0) is 19.3 Å². The topological polar surface area (TPSA) is 65.1 Å². The lowest BCUT2D eigenvalue weighted by Crippen LogP contribution is -2.40. The highest BCUT2D eigenvalue weighted by Gasteiger charge is 2.67. The van der Waals surface area contributed by atoms with Crippen molar-refractivity contribution in [3.63, 3.8) is 0 Å². The third kappa shape index (κ3) is 2.31. The van der Waals surface area contributed by atoms with Crippen molar-refractivity contribution in [3.8, 4) is 0 Å². The second-order valence-corrected chi connectivity index (χ2v) is 6.92. The van der Waals surface area contributed by atoms with Crippen molar-refractivity contribution in [2.45, 2.75) is 44.0 Å². The smallest absolute Gasteiger partial charge is 0.312 e. The summed E-state index contributed by atoms with van der Waals surface area (Å²) in [6.07, 6.45) is 6.48. The molecule has 6 nitrogen and oxygen atoms in total. The normalized spacial score (nSPS) is 40.9. The minimum Gasteiger partial charge on any atom is -0.465 e. The summed E-state index contributed by atoms with van der Waals surface area (Å²) in [7, 11) is 0. The molecule has 3 saturated heterocycles. The maximum atomic E-state index is 12.9. The minimum atomic E-state index is -0.643. The highest BCUT2D eigenvalue weighted by Crippen LogP contribution is 2.52. The molecule has 0 N–H and O–H groups in total. The van der Waals surface area contributed by atoms with Crippen LogP contribution in [0.1, 0.15) is 26.2 Å². The van der Waals surface area contributed by atoms with Gasteiger partial charge in [-0.1, -0.05) is 19.1 Å². The minimum absolute atomic E-state index is 0.00537. The van der Waals surface area contributed by atoms with Gasteiger partial charge >= 0.3 is 5.97 Å². The Morgan fingerprint density at radius 1 is 1.52 bits per heavy atom. The van der Waals surface area contributed by atoms with Crippen molar-refractivity contribution in [1.82, 2.24) is 4.90 Å². The third-order valence-electron chi connectivity index (χ3n) is 5.35. The molecule has 3 fully saturated rings. The van der Waals surface area contributed by atoms with Gasteiger partial charge in [0, 0.05) is 13.2 Å². The number of nitrogens with zero attached hydrogens (tertiary/aromatic N) is 1. The Hall–Kier alpha value is -1.40. The van der Waals surface area contributed by atoms with Gasteiger partial charge in [-0.25, -0.2) is 0 Å². The first-order valence-corrected chi connectivity index (χ1v) is 8.59. The number of hydrogen-bond acceptors (Lipinski definition) is 5. The predicted molar refractivity (Wildman–Crippen MR) is 80.5 cm³/mol. The molecule has 0 radical (unpaired) electrons. The molecular formula is C17H23NO5. The van der Waals surface area contributed by atoms with E-state index in [4.69, 9.17) is 14.2 Å². The van der Waals surface area contributed by atoms with Crippen LogP contribution < -0.4 is 0 Å². The van der Waals surface area contributed by atoms with Crippen LogP contribution in [0.2, 0.25) is 0 Å². The van der Waals surface area contributed by atoms with E-state index in [0.717, 1.165) is 25.9 Å². The molecule has 2 bridgehead atoms. The van der Waals surface area contributed by atoms with E-state index in [-0.39, 0.29) is 24.1 Å². The van der Waals surface area contributed by atoms with Crippen LogP contribution in [0.4, 0.5) is 0 Å². The van der Waals surface area contributed by atoms with E-state index in [9.17, 15) is 9.59 Å². The van der Waals surface area contributed by atoms with E-state index in [1.54, 1.807) is 0 Å². The third-order valence-corrected chi connectivity index (χ3v) is 5.35. The van der Waals surface area contributed by atoms with Gasteiger partial charge in [0.25, 0.3) is 0 Å². The number of rotatable bonds is 5. The maximum absolute atomic E-state index is 12.9. The molecule has 0 aliphatic carbocycles. The predicted octanol–water partition coefficient (Wildman–Crippen LogP) is 0.901. The van der Waals surface area contributed by atoms with Gasteiger partial charge in [0.2, 0.25) is 5.91 Å². The summed E-state index contributed by atoms with van der Waals surface area (Å²) < 4.78 is 17.0. The Morgan fingerprint density at radius 3 is 3.13 bits per heavy atom. The lowest BCUT2D eigenvalue weighted by molar-refractivity contribution is -0.154. The van der Waals surface area contributed by atoms with Crippen LogP contribution >= 0.6 is 0 Å². The molecule has 23 heavy (non-hydrogen) atoms. The first-order valence-electron chi connectivity index (χ1n) is 8.59. The fourth-order valence-electron chi connectivity index (χ4n) is 4.33. The van der Waals surface area contributed by atoms with Crippen molar-refractivity contribution < 1.29 is 23.8 Å². The maximum Gasteiger partial charge on any atom is 0.312 e. The van der Waals surface area contributed by atoms with Gasteiger partial charge in [0.1, 0.15) is 11.5 Å². The van der Waals surface area contributed by atoms with Crippen LogP contribution in [-0.2, 0) is 23.8 Å². The molecule has 126 valence electrons. The highest BCUT2D eigenvalue weighted by atomic mass is 16.6. The SMILES string of the molecule is CCCOC(=O)C1C2C=C[C@]3(CN(CC4CCCO4)C(=O)C13)O2. The summed E-state index contributed by atoms with van der Waals surface area (Å²) in [5.41, 5.74) is -0.643. The summed E-state index contributed by atoms with van der Waals surface area (Å²) in [5, 5.41) is 0. The van der Waals surface area contributed by atoms with Crippen molar-refractivity contribution in [3.05, 3.63) is 12.2 Å². The summed E-state index contributed by atoms with van der Waals surface area (Å²) in [6.45, 7) is 4.22. The second-order valence-electron chi connectivity index (χ2n) is 6.92. The average Bonchev–Trinajstić information content (AvgIpc) is 3.28. The van der Waals surface area contributed by atoms with E-state index in [1.807, 2.05) is 24.0 Å². The Balaban J connectivity index is 1.52. The number of likely N-dealkylation sites (tertiary alicyclic amines) is 1. The number of ether oxygens (including phenoxy) is 3. The Morgan fingerprint density at radius 2 is 2.39 bits per heavy atom. The van der Waals surface area contributed by atoms with Crippen LogP contribution in [0.25, 0.3) is 0 Å². The van der Waals surface area contributed by atoms with Gasteiger partial charge in [-0.3, -0.25) is 9.59 Å². The molecule has 4 heterocycles. The van der Waals surface area contributed by atoms with Crippen LogP contribution in [0.3, 0.4) is 0 Å². The average molecular weight is 321 g/mol. The van der Waals surface area contributed by atoms with Gasteiger partial charge in [-0.15, -0.1) is 0 Å². The second kappa shape index (κ2) is 5.60. The van der Waals surface area contributed by atoms with Crippen LogP contribution in [0.5, 0.6) is 0 Å². The lowest BCUT2D eigenvalue weighted by atomic mass is 9.77. The summed E-state index contributed by atoms with van der Waals surface area (Å²) in [4.78, 5) is 27.1. The summed E-state index contributed by atoms with van der Waals surface area (Å²) >= 11 is 0. The Bertz CT molecular complexity index is 541. The number of fused-ring (bicyclic) bond motifs is 1. The lowest BCUT2D eigenvalue weighted by Gasteiger charge is -2.23. The van der Waals surface area contributed by atoms with E-state index in [1.165, 1.54) is 0 Å². The molecule has 0 saturated carbocycles. The van der Waals surface area contributed by atoms with Gasteiger partial charge < -0.3 is 19.1 Å². The van der Waals surface area contributed by atoms with Gasteiger partial charge in [-0.2, -0.15) is 0 Å². The zero-order valence-electron chi connectivity index (χ0n) is 13.4. The molecule has 0 aromatic carbocycles. The highest BCUT2D eigenvalue weighted by molar-refractivity contribution is 5.91. The zero-order chi connectivity index (χ0) is 16.0. The van der Waals surface area contributed by atoms with Crippen molar-refractivity contribution in [2.75, 3.05) is 26.3 Å². The fourth-order valence-corrected chi connectivity index (χ4v) is 4.33. The van der Waals surface area contributed by atoms with E-state index >= 15 is 0 Å². The van der Waals surface area contributed by atoms with Crippen LogP contribution in [0.15, 0.2) is 12.2 Å². The molecule has 4 unspecified atom stereocenters. The summed E-state index contributed by atoms with van der Waals surface area (Å²) in [6, 6.07) is 0. The number of esters is 1. The number of carbonyl (C=O) groups excluding carboxylic acids is 2.